The molecule has 0 radical (unpaired) electrons. The standard InChI is InChI=1S/C9H9BrO/c1-7(6-10)8-4-2-3-5-9(8)11/h2-6,11H,1H3/b7-6+. The van der Waals surface area contributed by atoms with Crippen LogP contribution < -0.4 is 0 Å². The Labute approximate surface area is 74.5 Å². The maximum atomic E-state index is 9.35. The predicted molar refractivity (Wildman–Crippen MR) is 50.7 cm³/mol. The van der Waals surface area contributed by atoms with Gasteiger partial charge < -0.3 is 5.11 Å². The van der Waals surface area contributed by atoms with Crippen LogP contribution in [0.15, 0.2) is 29.3 Å². The molecule has 0 unspecified atom stereocenters. The SMILES string of the molecule is C/C(=C\Br)c1ccccc1O. The van der Waals surface area contributed by atoms with Crippen LogP contribution >= 0.6 is 15.9 Å². The van der Waals surface area contributed by atoms with Gasteiger partial charge in [-0.15, -0.1) is 0 Å². The lowest BCUT2D eigenvalue weighted by atomic mass is 10.1. The number of aromatic hydroxyl groups is 1. The van der Waals surface area contributed by atoms with Gasteiger partial charge in [-0.05, 0) is 23.5 Å². The molecule has 0 aromatic heterocycles. The first-order valence-electron chi connectivity index (χ1n) is 3.31. The second-order valence-corrected chi connectivity index (χ2v) is 2.77. The third-order valence-corrected chi connectivity index (χ3v) is 2.18. The van der Waals surface area contributed by atoms with E-state index in [0.29, 0.717) is 5.75 Å². The van der Waals surface area contributed by atoms with Crippen molar-refractivity contribution in [2.45, 2.75) is 6.92 Å². The van der Waals surface area contributed by atoms with E-state index >= 15 is 0 Å². The molecule has 1 aromatic carbocycles. The van der Waals surface area contributed by atoms with Crippen LogP contribution in [0.1, 0.15) is 12.5 Å². The van der Waals surface area contributed by atoms with Crippen LogP contribution in [0.4, 0.5) is 0 Å². The van der Waals surface area contributed by atoms with Gasteiger partial charge in [0.15, 0.2) is 0 Å². The zero-order valence-corrected chi connectivity index (χ0v) is 7.80. The lowest BCUT2D eigenvalue weighted by Gasteiger charge is -2.01. The van der Waals surface area contributed by atoms with Gasteiger partial charge in [0.2, 0.25) is 0 Å². The summed E-state index contributed by atoms with van der Waals surface area (Å²) in [4.78, 5) is 1.79. The van der Waals surface area contributed by atoms with Crippen molar-refractivity contribution in [1.29, 1.82) is 0 Å². The fourth-order valence-corrected chi connectivity index (χ4v) is 1.11. The zero-order valence-electron chi connectivity index (χ0n) is 6.21. The molecule has 1 aromatic rings. The van der Waals surface area contributed by atoms with Gasteiger partial charge in [-0.25, -0.2) is 0 Å². The van der Waals surface area contributed by atoms with E-state index in [2.05, 4.69) is 15.9 Å². The van der Waals surface area contributed by atoms with Crippen molar-refractivity contribution in [3.63, 3.8) is 0 Å². The Kier molecular flexibility index (Phi) is 2.71. The third-order valence-electron chi connectivity index (χ3n) is 1.49. The van der Waals surface area contributed by atoms with Crippen molar-refractivity contribution in [1.82, 2.24) is 0 Å². The highest BCUT2D eigenvalue weighted by Gasteiger charge is 1.99. The summed E-state index contributed by atoms with van der Waals surface area (Å²) in [5, 5.41) is 9.35. The minimum absolute atomic E-state index is 0.320. The van der Waals surface area contributed by atoms with Crippen LogP contribution in [0.25, 0.3) is 5.57 Å². The first-order chi connectivity index (χ1) is 5.25. The van der Waals surface area contributed by atoms with E-state index in [4.69, 9.17) is 0 Å². The third kappa shape index (κ3) is 1.84. The highest BCUT2D eigenvalue weighted by atomic mass is 79.9. The highest BCUT2D eigenvalue weighted by Crippen LogP contribution is 2.24. The van der Waals surface area contributed by atoms with Crippen molar-refractivity contribution in [2.24, 2.45) is 0 Å². The van der Waals surface area contributed by atoms with Crippen LogP contribution in [0.3, 0.4) is 0 Å². The molecule has 58 valence electrons. The maximum Gasteiger partial charge on any atom is 0.123 e. The summed E-state index contributed by atoms with van der Waals surface area (Å²) in [7, 11) is 0. The first kappa shape index (κ1) is 8.34. The van der Waals surface area contributed by atoms with Crippen molar-refractivity contribution in [3.8, 4) is 5.75 Å². The summed E-state index contributed by atoms with van der Waals surface area (Å²) in [6.45, 7) is 1.93. The maximum absolute atomic E-state index is 9.35. The van der Waals surface area contributed by atoms with E-state index in [1.54, 1.807) is 17.1 Å². The quantitative estimate of drug-likeness (QED) is 0.759. The fraction of sp³-hybridized carbons (Fsp3) is 0.111. The number of phenolic OH excluding ortho intramolecular Hbond substituents is 1. The molecule has 0 atom stereocenters. The molecule has 1 rings (SSSR count). The minimum Gasteiger partial charge on any atom is -0.507 e. The number of rotatable bonds is 1. The Morgan fingerprint density at radius 2 is 2.09 bits per heavy atom. The van der Waals surface area contributed by atoms with Gasteiger partial charge in [-0.2, -0.15) is 0 Å². The van der Waals surface area contributed by atoms with E-state index in [-0.39, 0.29) is 0 Å². The fourth-order valence-electron chi connectivity index (χ4n) is 0.866. The van der Waals surface area contributed by atoms with E-state index < -0.39 is 0 Å². The van der Waals surface area contributed by atoms with Crippen LogP contribution in [-0.4, -0.2) is 5.11 Å². The molecule has 0 aliphatic rings. The Bertz CT molecular complexity index is 279. The normalized spacial score (nSPS) is 11.6. The average molecular weight is 213 g/mol. The van der Waals surface area contributed by atoms with Crippen LogP contribution in [-0.2, 0) is 0 Å². The number of phenols is 1. The molecule has 0 aliphatic carbocycles. The van der Waals surface area contributed by atoms with Crippen molar-refractivity contribution < 1.29 is 5.11 Å². The van der Waals surface area contributed by atoms with Crippen molar-refractivity contribution in [2.75, 3.05) is 0 Å². The summed E-state index contributed by atoms with van der Waals surface area (Å²) in [5.41, 5.74) is 1.88. The minimum atomic E-state index is 0.320. The number of benzene rings is 1. The molecule has 0 heterocycles. The van der Waals surface area contributed by atoms with Gasteiger partial charge in [-0.3, -0.25) is 0 Å². The van der Waals surface area contributed by atoms with Gasteiger partial charge in [-0.1, -0.05) is 34.1 Å². The molecule has 0 spiro atoms. The number of hydrogen-bond acceptors (Lipinski definition) is 1. The van der Waals surface area contributed by atoms with E-state index in [9.17, 15) is 5.11 Å². The second-order valence-electron chi connectivity index (χ2n) is 2.31. The van der Waals surface area contributed by atoms with Crippen molar-refractivity contribution in [3.05, 3.63) is 34.8 Å². The lowest BCUT2D eigenvalue weighted by molar-refractivity contribution is 0.473. The second kappa shape index (κ2) is 3.58. The summed E-state index contributed by atoms with van der Waals surface area (Å²) in [6, 6.07) is 7.26. The molecule has 11 heavy (non-hydrogen) atoms. The van der Waals surface area contributed by atoms with Crippen LogP contribution in [0.5, 0.6) is 5.75 Å². The van der Waals surface area contributed by atoms with Gasteiger partial charge in [0, 0.05) is 5.56 Å². The Morgan fingerprint density at radius 3 is 2.64 bits per heavy atom. The summed E-state index contributed by atoms with van der Waals surface area (Å²) >= 11 is 3.21. The molecule has 0 amide bonds. The topological polar surface area (TPSA) is 20.2 Å². The summed E-state index contributed by atoms with van der Waals surface area (Å²) in [6.07, 6.45) is 0. The first-order valence-corrected chi connectivity index (χ1v) is 4.22. The Hall–Kier alpha value is -0.760. The predicted octanol–water partition coefficient (Wildman–Crippen LogP) is 3.15. The van der Waals surface area contributed by atoms with Crippen LogP contribution in [0.2, 0.25) is 0 Å². The summed E-state index contributed by atoms with van der Waals surface area (Å²) < 4.78 is 0. The van der Waals surface area contributed by atoms with Gasteiger partial charge in [0.25, 0.3) is 0 Å². The van der Waals surface area contributed by atoms with Gasteiger partial charge >= 0.3 is 0 Å². The number of allylic oxidation sites excluding steroid dienone is 1. The molecule has 1 nitrogen and oxygen atoms in total. The zero-order chi connectivity index (χ0) is 8.27. The van der Waals surface area contributed by atoms with Gasteiger partial charge in [0.1, 0.15) is 5.75 Å². The molecule has 0 bridgehead atoms. The smallest absolute Gasteiger partial charge is 0.123 e. The highest BCUT2D eigenvalue weighted by molar-refractivity contribution is 9.11. The van der Waals surface area contributed by atoms with E-state index in [1.165, 1.54) is 0 Å². The van der Waals surface area contributed by atoms with Gasteiger partial charge in [0.05, 0.1) is 0 Å². The Morgan fingerprint density at radius 1 is 1.45 bits per heavy atom. The molecule has 1 N–H and O–H groups in total. The number of halogens is 1. The number of para-hydroxylation sites is 1. The molecular formula is C9H9BrO. The Balaban J connectivity index is 3.14. The van der Waals surface area contributed by atoms with E-state index in [1.807, 2.05) is 19.1 Å². The lowest BCUT2D eigenvalue weighted by Crippen LogP contribution is -1.77. The molecule has 0 fully saturated rings. The molecular weight excluding hydrogens is 204 g/mol. The number of hydrogen-bond donors (Lipinski definition) is 1. The van der Waals surface area contributed by atoms with Crippen molar-refractivity contribution >= 4 is 21.5 Å². The average Bonchev–Trinajstić information content (AvgIpc) is 2.04. The molecule has 0 aliphatic heterocycles. The monoisotopic (exact) mass is 212 g/mol. The molecule has 0 saturated carbocycles. The largest absolute Gasteiger partial charge is 0.507 e. The van der Waals surface area contributed by atoms with Crippen LogP contribution in [0, 0.1) is 0 Å². The molecule has 0 saturated heterocycles. The summed E-state index contributed by atoms with van der Waals surface area (Å²) in [5.74, 6) is 0.320. The molecule has 2 heteroatoms. The van der Waals surface area contributed by atoms with E-state index in [0.717, 1.165) is 11.1 Å².